The highest BCUT2D eigenvalue weighted by molar-refractivity contribution is 9.10. The van der Waals surface area contributed by atoms with Crippen LogP contribution in [0.4, 0.5) is 0 Å². The van der Waals surface area contributed by atoms with Gasteiger partial charge >= 0.3 is 0 Å². The van der Waals surface area contributed by atoms with Crippen LogP contribution in [-0.4, -0.2) is 76.5 Å². The number of likely N-dealkylation sites (tertiary alicyclic amines) is 2. The van der Waals surface area contributed by atoms with Gasteiger partial charge in [-0.3, -0.25) is 24.3 Å². The van der Waals surface area contributed by atoms with Gasteiger partial charge in [-0.2, -0.15) is 0 Å². The topological polar surface area (TPSA) is 73.3 Å². The van der Waals surface area contributed by atoms with Crippen molar-refractivity contribution in [2.45, 2.75) is 44.6 Å². The maximum absolute atomic E-state index is 13.7. The van der Waals surface area contributed by atoms with Crippen molar-refractivity contribution in [1.29, 1.82) is 0 Å². The molecule has 1 aliphatic carbocycles. The average molecular weight is 501 g/mol. The highest BCUT2D eigenvalue weighted by atomic mass is 79.9. The fourth-order valence-corrected chi connectivity index (χ4v) is 5.46. The molecule has 32 heavy (non-hydrogen) atoms. The van der Waals surface area contributed by atoms with E-state index in [0.29, 0.717) is 32.5 Å². The summed E-state index contributed by atoms with van der Waals surface area (Å²) in [5.74, 6) is 1.60. The molecule has 3 amide bonds. The van der Waals surface area contributed by atoms with E-state index in [2.05, 4.69) is 15.9 Å². The summed E-state index contributed by atoms with van der Waals surface area (Å²) in [6.07, 6.45) is 4.06. The van der Waals surface area contributed by atoms with Gasteiger partial charge in [0.15, 0.2) is 0 Å². The maximum atomic E-state index is 13.7. The molecule has 1 aromatic carbocycles. The normalized spacial score (nSPS) is 24.9. The molecular weight excluding hydrogens is 472 g/mol. The lowest BCUT2D eigenvalue weighted by molar-refractivity contribution is -0.137. The second-order valence-electron chi connectivity index (χ2n) is 9.61. The molecule has 0 aromatic heterocycles. The van der Waals surface area contributed by atoms with Crippen LogP contribution in [0.3, 0.4) is 0 Å². The number of carbonyl (C=O) groups excluding carboxylic acids is 3. The fourth-order valence-electron chi connectivity index (χ4n) is 5.19. The molecule has 1 aromatic rings. The summed E-state index contributed by atoms with van der Waals surface area (Å²) in [6, 6.07) is 7.92. The Morgan fingerprint density at radius 3 is 2.38 bits per heavy atom. The van der Waals surface area contributed by atoms with Crippen molar-refractivity contribution in [3.05, 3.63) is 34.3 Å². The van der Waals surface area contributed by atoms with Crippen molar-refractivity contribution in [2.24, 2.45) is 16.8 Å². The van der Waals surface area contributed by atoms with E-state index in [-0.39, 0.29) is 29.6 Å². The molecule has 3 aliphatic heterocycles. The SMILES string of the molecule is CC(=O)N1CCC2(CC1)N=C(c1ccc(Br)cc1)N(CC1CCN(C(=O)C3CC3)C1)C2=O. The lowest BCUT2D eigenvalue weighted by Gasteiger charge is -2.36. The summed E-state index contributed by atoms with van der Waals surface area (Å²) >= 11 is 3.48. The van der Waals surface area contributed by atoms with Crippen LogP contribution in [0.1, 0.15) is 44.6 Å². The van der Waals surface area contributed by atoms with Gasteiger partial charge in [0.05, 0.1) is 0 Å². The highest BCUT2D eigenvalue weighted by Gasteiger charge is 2.51. The van der Waals surface area contributed by atoms with Crippen LogP contribution in [0.2, 0.25) is 0 Å². The first-order chi connectivity index (χ1) is 15.4. The first-order valence-corrected chi connectivity index (χ1v) is 12.4. The Balaban J connectivity index is 1.37. The average Bonchev–Trinajstić information content (AvgIpc) is 3.48. The number of rotatable bonds is 4. The molecule has 8 heteroatoms. The van der Waals surface area contributed by atoms with Gasteiger partial charge in [0.2, 0.25) is 11.8 Å². The van der Waals surface area contributed by atoms with Crippen LogP contribution in [0, 0.1) is 11.8 Å². The number of piperidine rings is 1. The number of amidine groups is 1. The molecule has 3 fully saturated rings. The number of amides is 3. The molecule has 1 spiro atoms. The Labute approximate surface area is 197 Å². The molecule has 2 saturated heterocycles. The third-order valence-corrected chi connectivity index (χ3v) is 7.85. The largest absolute Gasteiger partial charge is 0.343 e. The number of benzene rings is 1. The van der Waals surface area contributed by atoms with Gasteiger partial charge in [-0.05, 0) is 50.2 Å². The number of hydrogen-bond donors (Lipinski definition) is 0. The van der Waals surface area contributed by atoms with Crippen molar-refractivity contribution in [2.75, 3.05) is 32.7 Å². The van der Waals surface area contributed by atoms with Crippen molar-refractivity contribution in [1.82, 2.24) is 14.7 Å². The van der Waals surface area contributed by atoms with Crippen LogP contribution in [0.5, 0.6) is 0 Å². The Hall–Kier alpha value is -2.22. The van der Waals surface area contributed by atoms with Gasteiger partial charge in [0, 0.05) is 55.6 Å². The fraction of sp³-hybridized carbons (Fsp3) is 0.583. The molecule has 1 saturated carbocycles. The molecule has 5 rings (SSSR count). The highest BCUT2D eigenvalue weighted by Crippen LogP contribution is 2.37. The molecule has 0 N–H and O–H groups in total. The van der Waals surface area contributed by atoms with Crippen LogP contribution >= 0.6 is 15.9 Å². The predicted octanol–water partition coefficient (Wildman–Crippen LogP) is 2.68. The zero-order valence-electron chi connectivity index (χ0n) is 18.4. The summed E-state index contributed by atoms with van der Waals surface area (Å²) in [6.45, 7) is 4.77. The van der Waals surface area contributed by atoms with E-state index in [1.54, 1.807) is 11.8 Å². The lowest BCUT2D eigenvalue weighted by Crippen LogP contribution is -2.51. The molecule has 4 aliphatic rings. The molecule has 1 atom stereocenters. The number of halogens is 1. The number of nitrogens with zero attached hydrogens (tertiary/aromatic N) is 4. The third kappa shape index (κ3) is 3.98. The van der Waals surface area contributed by atoms with E-state index in [0.717, 1.165) is 48.2 Å². The predicted molar refractivity (Wildman–Crippen MR) is 124 cm³/mol. The second kappa shape index (κ2) is 8.28. The Bertz CT molecular complexity index is 964. The van der Waals surface area contributed by atoms with E-state index < -0.39 is 5.54 Å². The maximum Gasteiger partial charge on any atom is 0.256 e. The zero-order valence-corrected chi connectivity index (χ0v) is 20.0. The smallest absolute Gasteiger partial charge is 0.256 e. The molecular formula is C24H29BrN4O3. The lowest BCUT2D eigenvalue weighted by atomic mass is 9.87. The van der Waals surface area contributed by atoms with Gasteiger partial charge in [0.25, 0.3) is 5.91 Å². The van der Waals surface area contributed by atoms with Crippen molar-refractivity contribution < 1.29 is 14.4 Å². The molecule has 0 bridgehead atoms. The standard InChI is InChI=1S/C24H29BrN4O3/c1-16(30)27-12-9-24(10-13-27)23(32)29(21(26-24)18-4-6-20(25)7-5-18)15-17-8-11-28(14-17)22(31)19-2-3-19/h4-7,17,19H,2-3,8-15H2,1H3. The number of carbonyl (C=O) groups is 3. The van der Waals surface area contributed by atoms with Crippen molar-refractivity contribution >= 4 is 39.5 Å². The van der Waals surface area contributed by atoms with Crippen molar-refractivity contribution in [3.8, 4) is 0 Å². The van der Waals surface area contributed by atoms with Crippen LogP contribution in [-0.2, 0) is 14.4 Å². The minimum atomic E-state index is -0.781. The van der Waals surface area contributed by atoms with Gasteiger partial charge in [0.1, 0.15) is 11.4 Å². The molecule has 0 radical (unpaired) electrons. The summed E-state index contributed by atoms with van der Waals surface area (Å²) < 4.78 is 0.979. The quantitative estimate of drug-likeness (QED) is 0.637. The van der Waals surface area contributed by atoms with Gasteiger partial charge in [-0.25, -0.2) is 0 Å². The van der Waals surface area contributed by atoms with Gasteiger partial charge in [-0.15, -0.1) is 0 Å². The monoisotopic (exact) mass is 500 g/mol. The van der Waals surface area contributed by atoms with Gasteiger partial charge in [-0.1, -0.05) is 28.1 Å². The minimum Gasteiger partial charge on any atom is -0.343 e. The van der Waals surface area contributed by atoms with E-state index in [4.69, 9.17) is 4.99 Å². The number of hydrogen-bond acceptors (Lipinski definition) is 4. The van der Waals surface area contributed by atoms with Crippen LogP contribution in [0.15, 0.2) is 33.7 Å². The number of aliphatic imine (C=N–C) groups is 1. The molecule has 170 valence electrons. The van der Waals surface area contributed by atoms with E-state index in [9.17, 15) is 14.4 Å². The zero-order chi connectivity index (χ0) is 22.5. The second-order valence-corrected chi connectivity index (χ2v) is 10.5. The Kier molecular flexibility index (Phi) is 5.60. The van der Waals surface area contributed by atoms with Crippen LogP contribution < -0.4 is 0 Å². The van der Waals surface area contributed by atoms with E-state index >= 15 is 0 Å². The molecule has 1 unspecified atom stereocenters. The Morgan fingerprint density at radius 1 is 1.06 bits per heavy atom. The first-order valence-electron chi connectivity index (χ1n) is 11.6. The Morgan fingerprint density at radius 2 is 1.75 bits per heavy atom. The summed E-state index contributed by atoms with van der Waals surface area (Å²) in [4.78, 5) is 48.7. The molecule has 3 heterocycles. The third-order valence-electron chi connectivity index (χ3n) is 7.32. The first kappa shape index (κ1) is 21.6. The van der Waals surface area contributed by atoms with Crippen LogP contribution in [0.25, 0.3) is 0 Å². The minimum absolute atomic E-state index is 0.0468. The molecule has 7 nitrogen and oxygen atoms in total. The summed E-state index contributed by atoms with van der Waals surface area (Å²) in [7, 11) is 0. The summed E-state index contributed by atoms with van der Waals surface area (Å²) in [5.41, 5.74) is 0.146. The van der Waals surface area contributed by atoms with Gasteiger partial charge < -0.3 is 9.80 Å². The van der Waals surface area contributed by atoms with E-state index in [1.165, 1.54) is 0 Å². The van der Waals surface area contributed by atoms with E-state index in [1.807, 2.05) is 34.1 Å². The summed E-state index contributed by atoms with van der Waals surface area (Å²) in [5, 5.41) is 0. The van der Waals surface area contributed by atoms with Crippen molar-refractivity contribution in [3.63, 3.8) is 0 Å².